The fourth-order valence-corrected chi connectivity index (χ4v) is 4.18. The molecule has 4 nitrogen and oxygen atoms in total. The molecule has 0 spiro atoms. The second-order valence-corrected chi connectivity index (χ2v) is 7.42. The summed E-state index contributed by atoms with van der Waals surface area (Å²) in [6, 6.07) is 7.04. The molecule has 1 heterocycles. The van der Waals surface area contributed by atoms with Crippen LogP contribution in [0.15, 0.2) is 29.2 Å². The maximum atomic E-state index is 12.5. The van der Waals surface area contributed by atoms with Gasteiger partial charge in [0.2, 0.25) is 0 Å². The molecule has 5 heteroatoms. The lowest BCUT2D eigenvalue weighted by atomic mass is 10.0. The highest BCUT2D eigenvalue weighted by atomic mass is 32.2. The molecule has 112 valence electrons. The van der Waals surface area contributed by atoms with E-state index in [0.717, 1.165) is 25.1 Å². The van der Waals surface area contributed by atoms with Gasteiger partial charge in [-0.3, -0.25) is 0 Å². The van der Waals surface area contributed by atoms with Crippen molar-refractivity contribution in [2.75, 3.05) is 25.5 Å². The molecule has 1 fully saturated rings. The number of sulfone groups is 1. The standard InChI is InChI=1S/C15H23NO3S/c1-3-16-15(13-8-9-19-10-13)11-20(17,18)14-6-4-12(2)5-7-14/h4-7,13,15-16H,3,8-11H2,1-2H3. The zero-order valence-corrected chi connectivity index (χ0v) is 12.9. The predicted octanol–water partition coefficient (Wildman–Crippen LogP) is 1.78. The van der Waals surface area contributed by atoms with Gasteiger partial charge in [-0.25, -0.2) is 8.42 Å². The normalized spacial score (nSPS) is 21.0. The van der Waals surface area contributed by atoms with Crippen LogP contribution in [0.2, 0.25) is 0 Å². The van der Waals surface area contributed by atoms with Crippen LogP contribution in [-0.4, -0.2) is 40.0 Å². The first-order chi connectivity index (χ1) is 9.53. The van der Waals surface area contributed by atoms with Gasteiger partial charge >= 0.3 is 0 Å². The van der Waals surface area contributed by atoms with Gasteiger partial charge in [-0.15, -0.1) is 0 Å². The summed E-state index contributed by atoms with van der Waals surface area (Å²) in [6.45, 7) is 6.11. The maximum Gasteiger partial charge on any atom is 0.179 e. The van der Waals surface area contributed by atoms with E-state index in [-0.39, 0.29) is 17.7 Å². The van der Waals surface area contributed by atoms with E-state index in [2.05, 4.69) is 5.32 Å². The number of ether oxygens (including phenoxy) is 1. The van der Waals surface area contributed by atoms with Gasteiger partial charge in [0.25, 0.3) is 0 Å². The van der Waals surface area contributed by atoms with E-state index in [0.29, 0.717) is 11.5 Å². The summed E-state index contributed by atoms with van der Waals surface area (Å²) in [5.74, 6) is 0.424. The van der Waals surface area contributed by atoms with Crippen molar-refractivity contribution in [3.63, 3.8) is 0 Å². The van der Waals surface area contributed by atoms with E-state index in [1.165, 1.54) is 0 Å². The highest BCUT2D eigenvalue weighted by Gasteiger charge is 2.30. The molecule has 1 saturated heterocycles. The first-order valence-corrected chi connectivity index (χ1v) is 8.78. The van der Waals surface area contributed by atoms with Crippen molar-refractivity contribution < 1.29 is 13.2 Å². The first kappa shape index (κ1) is 15.5. The SMILES string of the molecule is CCNC(CS(=O)(=O)c1ccc(C)cc1)C1CCOC1. The van der Waals surface area contributed by atoms with Crippen LogP contribution in [-0.2, 0) is 14.6 Å². The highest BCUT2D eigenvalue weighted by Crippen LogP contribution is 2.21. The highest BCUT2D eigenvalue weighted by molar-refractivity contribution is 7.91. The summed E-state index contributed by atoms with van der Waals surface area (Å²) in [7, 11) is -3.25. The molecule has 2 unspecified atom stereocenters. The Kier molecular flexibility index (Phi) is 5.18. The first-order valence-electron chi connectivity index (χ1n) is 7.13. The van der Waals surface area contributed by atoms with E-state index >= 15 is 0 Å². The lowest BCUT2D eigenvalue weighted by Crippen LogP contribution is -2.42. The van der Waals surface area contributed by atoms with E-state index in [1.807, 2.05) is 26.0 Å². The number of hydrogen-bond donors (Lipinski definition) is 1. The molecule has 1 aliphatic heterocycles. The van der Waals surface area contributed by atoms with Gasteiger partial charge in [0.1, 0.15) is 0 Å². The van der Waals surface area contributed by atoms with E-state index in [4.69, 9.17) is 4.74 Å². The summed E-state index contributed by atoms with van der Waals surface area (Å²) in [6.07, 6.45) is 0.932. The Labute approximate surface area is 121 Å². The van der Waals surface area contributed by atoms with Crippen molar-refractivity contribution in [3.05, 3.63) is 29.8 Å². The molecular weight excluding hydrogens is 274 g/mol. The van der Waals surface area contributed by atoms with Gasteiger partial charge in [0.15, 0.2) is 9.84 Å². The van der Waals surface area contributed by atoms with Crippen LogP contribution >= 0.6 is 0 Å². The average Bonchev–Trinajstić information content (AvgIpc) is 2.92. The molecule has 1 aromatic rings. The minimum absolute atomic E-state index is 0.0335. The van der Waals surface area contributed by atoms with Crippen LogP contribution < -0.4 is 5.32 Å². The smallest absolute Gasteiger partial charge is 0.179 e. The second-order valence-electron chi connectivity index (χ2n) is 5.38. The molecule has 2 atom stereocenters. The summed E-state index contributed by atoms with van der Waals surface area (Å²) < 4.78 is 30.4. The number of benzene rings is 1. The zero-order chi connectivity index (χ0) is 14.6. The molecule has 0 aromatic heterocycles. The molecular formula is C15H23NO3S. The molecule has 0 radical (unpaired) electrons. The monoisotopic (exact) mass is 297 g/mol. The Balaban J connectivity index is 2.13. The fraction of sp³-hybridized carbons (Fsp3) is 0.600. The van der Waals surface area contributed by atoms with Gasteiger partial charge in [-0.05, 0) is 32.0 Å². The van der Waals surface area contributed by atoms with Crippen molar-refractivity contribution in [3.8, 4) is 0 Å². The van der Waals surface area contributed by atoms with Gasteiger partial charge < -0.3 is 10.1 Å². The Bertz CT molecular complexity index is 519. The van der Waals surface area contributed by atoms with Crippen molar-refractivity contribution >= 4 is 9.84 Å². The van der Waals surface area contributed by atoms with Gasteiger partial charge in [-0.2, -0.15) is 0 Å². The lowest BCUT2D eigenvalue weighted by molar-refractivity contribution is 0.179. The Morgan fingerprint density at radius 3 is 2.60 bits per heavy atom. The summed E-state index contributed by atoms with van der Waals surface area (Å²) in [4.78, 5) is 0.407. The number of aryl methyl sites for hydroxylation is 1. The summed E-state index contributed by atoms with van der Waals surface area (Å²) in [5.41, 5.74) is 1.07. The van der Waals surface area contributed by atoms with Gasteiger partial charge in [-0.1, -0.05) is 24.6 Å². The third-order valence-corrected chi connectivity index (χ3v) is 5.57. The summed E-state index contributed by atoms with van der Waals surface area (Å²) in [5, 5.41) is 3.30. The van der Waals surface area contributed by atoms with Crippen LogP contribution in [0.3, 0.4) is 0 Å². The molecule has 0 bridgehead atoms. The van der Waals surface area contributed by atoms with Crippen molar-refractivity contribution in [1.29, 1.82) is 0 Å². The molecule has 0 aliphatic carbocycles. The van der Waals surface area contributed by atoms with Crippen LogP contribution in [0.5, 0.6) is 0 Å². The number of rotatable bonds is 6. The van der Waals surface area contributed by atoms with Crippen LogP contribution in [0, 0.1) is 12.8 Å². The molecule has 2 rings (SSSR count). The molecule has 20 heavy (non-hydrogen) atoms. The van der Waals surface area contributed by atoms with Crippen molar-refractivity contribution in [1.82, 2.24) is 5.32 Å². The van der Waals surface area contributed by atoms with Crippen LogP contribution in [0.25, 0.3) is 0 Å². The van der Waals surface area contributed by atoms with Crippen LogP contribution in [0.1, 0.15) is 18.9 Å². The van der Waals surface area contributed by atoms with Gasteiger partial charge in [0, 0.05) is 18.6 Å². The Morgan fingerprint density at radius 2 is 2.05 bits per heavy atom. The average molecular weight is 297 g/mol. The van der Waals surface area contributed by atoms with E-state index < -0.39 is 9.84 Å². The van der Waals surface area contributed by atoms with E-state index in [9.17, 15) is 8.42 Å². The largest absolute Gasteiger partial charge is 0.381 e. The predicted molar refractivity (Wildman–Crippen MR) is 79.6 cm³/mol. The Morgan fingerprint density at radius 1 is 1.35 bits per heavy atom. The maximum absolute atomic E-state index is 12.5. The van der Waals surface area contributed by atoms with Crippen LogP contribution in [0.4, 0.5) is 0 Å². The zero-order valence-electron chi connectivity index (χ0n) is 12.1. The topological polar surface area (TPSA) is 55.4 Å². The van der Waals surface area contributed by atoms with E-state index in [1.54, 1.807) is 12.1 Å². The lowest BCUT2D eigenvalue weighted by Gasteiger charge is -2.23. The van der Waals surface area contributed by atoms with Crippen molar-refractivity contribution in [2.45, 2.75) is 31.2 Å². The third kappa shape index (κ3) is 3.81. The second kappa shape index (κ2) is 6.70. The fourth-order valence-electron chi connectivity index (χ4n) is 2.57. The quantitative estimate of drug-likeness (QED) is 0.869. The number of hydrogen-bond acceptors (Lipinski definition) is 4. The minimum Gasteiger partial charge on any atom is -0.381 e. The minimum atomic E-state index is -3.25. The molecule has 0 amide bonds. The molecule has 1 aromatic carbocycles. The Hall–Kier alpha value is -0.910. The van der Waals surface area contributed by atoms with Crippen molar-refractivity contribution in [2.24, 2.45) is 5.92 Å². The summed E-state index contributed by atoms with van der Waals surface area (Å²) >= 11 is 0. The number of nitrogens with one attached hydrogen (secondary N) is 1. The third-order valence-electron chi connectivity index (χ3n) is 3.78. The molecule has 1 aliphatic rings. The van der Waals surface area contributed by atoms with Gasteiger partial charge in [0.05, 0.1) is 17.3 Å². The molecule has 0 saturated carbocycles. The molecule has 1 N–H and O–H groups in total.